The Bertz CT molecular complexity index is 1190. The van der Waals surface area contributed by atoms with E-state index in [1.165, 1.54) is 11.0 Å². The van der Waals surface area contributed by atoms with Crippen LogP contribution in [0.1, 0.15) is 19.3 Å². The van der Waals surface area contributed by atoms with Crippen LogP contribution < -0.4 is 26.4 Å². The Morgan fingerprint density at radius 1 is 1.19 bits per heavy atom. The van der Waals surface area contributed by atoms with Crippen LogP contribution in [0.5, 0.6) is 5.75 Å². The summed E-state index contributed by atoms with van der Waals surface area (Å²) >= 11 is 5.95. The Kier molecular flexibility index (Phi) is 7.48. The molecule has 200 valence electrons. The van der Waals surface area contributed by atoms with Crippen molar-refractivity contribution in [1.82, 2.24) is 14.9 Å². The summed E-state index contributed by atoms with van der Waals surface area (Å²) in [4.78, 5) is 36.4. The molecule has 0 spiro atoms. The number of nitrogens with two attached hydrogens (primary N) is 2. The molecule has 3 heterocycles. The largest absolute Gasteiger partial charge is 0.573 e. The molecule has 37 heavy (non-hydrogen) atoms. The topological polar surface area (TPSA) is 140 Å². The smallest absolute Gasteiger partial charge is 0.406 e. The molecule has 1 aromatic heterocycles. The number of amides is 2. The normalized spacial score (nSPS) is 22.6. The number of nitrogen functional groups attached to an aromatic ring is 1. The molecular weight excluding hydrogens is 522 g/mol. The third-order valence-electron chi connectivity index (χ3n) is 6.36. The number of halogens is 5. The summed E-state index contributed by atoms with van der Waals surface area (Å²) in [6.07, 6.45) is -2.63. The second-order valence-electron chi connectivity index (χ2n) is 8.80. The lowest BCUT2D eigenvalue weighted by atomic mass is 9.87. The number of hydrogen-bond donors (Lipinski definition) is 3. The van der Waals surface area contributed by atoms with E-state index >= 15 is 0 Å². The van der Waals surface area contributed by atoms with Crippen LogP contribution in [0.4, 0.5) is 34.9 Å². The third-order valence-corrected chi connectivity index (χ3v) is 6.58. The van der Waals surface area contributed by atoms with Gasteiger partial charge in [-0.15, -0.1) is 13.2 Å². The van der Waals surface area contributed by atoms with E-state index in [1.54, 1.807) is 4.90 Å². The maximum absolute atomic E-state index is 14.6. The van der Waals surface area contributed by atoms with Crippen molar-refractivity contribution in [2.24, 2.45) is 11.7 Å². The van der Waals surface area contributed by atoms with E-state index < -0.39 is 41.8 Å². The molecule has 2 fully saturated rings. The zero-order chi connectivity index (χ0) is 26.9. The van der Waals surface area contributed by atoms with Gasteiger partial charge in [-0.1, -0.05) is 11.6 Å². The molecular formula is C22H24ClF4N7O3. The Hall–Kier alpha value is -3.55. The SMILES string of the molecule is NC(=O)C1CCN(c2ncnc(N)c2F)C[C@H]1N1CCC[C@H](Nc2cc(Cl)cc(OC(F)(F)F)c2)C1=O. The average molecular weight is 546 g/mol. The number of primary amides is 1. The lowest BCUT2D eigenvalue weighted by Gasteiger charge is -2.46. The highest BCUT2D eigenvalue weighted by Crippen LogP contribution is 2.33. The molecule has 1 unspecified atom stereocenters. The molecule has 2 aromatic rings. The van der Waals surface area contributed by atoms with Crippen molar-refractivity contribution < 1.29 is 31.9 Å². The van der Waals surface area contributed by atoms with E-state index in [4.69, 9.17) is 23.1 Å². The van der Waals surface area contributed by atoms with Gasteiger partial charge in [-0.3, -0.25) is 9.59 Å². The summed E-state index contributed by atoms with van der Waals surface area (Å²) < 4.78 is 56.5. The minimum Gasteiger partial charge on any atom is -0.406 e. The summed E-state index contributed by atoms with van der Waals surface area (Å²) in [5, 5.41) is 2.90. The van der Waals surface area contributed by atoms with Gasteiger partial charge in [0.05, 0.1) is 12.0 Å². The third kappa shape index (κ3) is 6.06. The molecule has 2 saturated heterocycles. The molecule has 2 aliphatic heterocycles. The first-order valence-electron chi connectivity index (χ1n) is 11.4. The van der Waals surface area contributed by atoms with Gasteiger partial charge < -0.3 is 31.3 Å². The van der Waals surface area contributed by atoms with Crippen LogP contribution in [-0.2, 0) is 9.59 Å². The molecule has 15 heteroatoms. The number of alkyl halides is 3. The van der Waals surface area contributed by atoms with Gasteiger partial charge in [0.1, 0.15) is 18.1 Å². The van der Waals surface area contributed by atoms with E-state index in [2.05, 4.69) is 20.0 Å². The number of aromatic nitrogens is 2. The molecule has 4 rings (SSSR count). The second kappa shape index (κ2) is 10.4. The number of benzene rings is 1. The van der Waals surface area contributed by atoms with Crippen molar-refractivity contribution in [3.8, 4) is 5.75 Å². The first kappa shape index (κ1) is 26.5. The molecule has 0 saturated carbocycles. The maximum Gasteiger partial charge on any atom is 0.573 e. The standard InChI is InChI=1S/C22H24ClF4N7O3/c23-11-6-12(8-13(7-11)37-22(25,26)27)32-15-2-1-4-34(21(15)36)16-9-33(5-3-14(16)19(29)35)20-17(24)18(28)30-10-31-20/h6-8,10,14-16,32H,1-5,9H2,(H2,29,35)(H2,28,30,31)/t14?,15-,16+/m0/s1. The number of anilines is 3. The van der Waals surface area contributed by atoms with Gasteiger partial charge in [-0.2, -0.15) is 4.39 Å². The Labute approximate surface area is 213 Å². The van der Waals surface area contributed by atoms with Crippen LogP contribution in [0.3, 0.4) is 0 Å². The fourth-order valence-electron chi connectivity index (χ4n) is 4.77. The van der Waals surface area contributed by atoms with Gasteiger partial charge in [-0.25, -0.2) is 9.97 Å². The summed E-state index contributed by atoms with van der Waals surface area (Å²) in [6.45, 7) is 0.636. The molecule has 1 aromatic carbocycles. The number of likely N-dealkylation sites (tertiary alicyclic amines) is 1. The van der Waals surface area contributed by atoms with Gasteiger partial charge in [0.2, 0.25) is 17.6 Å². The van der Waals surface area contributed by atoms with Crippen LogP contribution in [0, 0.1) is 11.7 Å². The van der Waals surface area contributed by atoms with Crippen molar-refractivity contribution in [2.45, 2.75) is 37.7 Å². The van der Waals surface area contributed by atoms with Crippen molar-refractivity contribution in [2.75, 3.05) is 35.6 Å². The fourth-order valence-corrected chi connectivity index (χ4v) is 4.99. The van der Waals surface area contributed by atoms with E-state index in [-0.39, 0.29) is 47.8 Å². The quantitative estimate of drug-likeness (QED) is 0.471. The van der Waals surface area contributed by atoms with Crippen LogP contribution >= 0.6 is 11.6 Å². The highest BCUT2D eigenvalue weighted by atomic mass is 35.5. The molecule has 3 atom stereocenters. The van der Waals surface area contributed by atoms with Gasteiger partial charge >= 0.3 is 6.36 Å². The lowest BCUT2D eigenvalue weighted by Crippen LogP contribution is -2.61. The number of rotatable bonds is 6. The maximum atomic E-state index is 14.6. The number of nitrogens with zero attached hydrogens (tertiary/aromatic N) is 4. The molecule has 5 N–H and O–H groups in total. The summed E-state index contributed by atoms with van der Waals surface area (Å²) in [7, 11) is 0. The van der Waals surface area contributed by atoms with E-state index in [0.29, 0.717) is 19.4 Å². The number of piperidine rings is 2. The van der Waals surface area contributed by atoms with Crippen molar-refractivity contribution in [3.63, 3.8) is 0 Å². The van der Waals surface area contributed by atoms with Crippen LogP contribution in [0.25, 0.3) is 0 Å². The van der Waals surface area contributed by atoms with Gasteiger partial charge in [0.15, 0.2) is 11.6 Å². The number of ether oxygens (including phenoxy) is 1. The summed E-state index contributed by atoms with van der Waals surface area (Å²) in [6, 6.07) is 1.95. The predicted octanol–water partition coefficient (Wildman–Crippen LogP) is 2.53. The highest BCUT2D eigenvalue weighted by Gasteiger charge is 2.42. The minimum atomic E-state index is -4.91. The van der Waals surface area contributed by atoms with Crippen molar-refractivity contribution >= 4 is 40.7 Å². The van der Waals surface area contributed by atoms with Gasteiger partial charge in [0.25, 0.3) is 0 Å². The summed E-state index contributed by atoms with van der Waals surface area (Å²) in [5.41, 5.74) is 11.4. The number of hydrogen-bond acceptors (Lipinski definition) is 8. The van der Waals surface area contributed by atoms with Crippen molar-refractivity contribution in [3.05, 3.63) is 35.4 Å². The minimum absolute atomic E-state index is 0.0211. The molecule has 2 amide bonds. The summed E-state index contributed by atoms with van der Waals surface area (Å²) in [5.74, 6) is -3.39. The number of nitrogens with one attached hydrogen (secondary N) is 1. The van der Waals surface area contributed by atoms with E-state index in [1.807, 2.05) is 0 Å². The molecule has 0 radical (unpaired) electrons. The number of carbonyl (C=O) groups excluding carboxylic acids is 2. The van der Waals surface area contributed by atoms with Crippen molar-refractivity contribution in [1.29, 1.82) is 0 Å². The molecule has 2 aliphatic rings. The fraction of sp³-hybridized carbons (Fsp3) is 0.455. The zero-order valence-electron chi connectivity index (χ0n) is 19.3. The van der Waals surface area contributed by atoms with E-state index in [0.717, 1.165) is 18.5 Å². The van der Waals surface area contributed by atoms with Crippen LogP contribution in [0.15, 0.2) is 24.5 Å². The molecule has 10 nitrogen and oxygen atoms in total. The monoisotopic (exact) mass is 545 g/mol. The first-order chi connectivity index (χ1) is 17.4. The Balaban J connectivity index is 1.55. The average Bonchev–Trinajstić information content (AvgIpc) is 2.80. The Morgan fingerprint density at radius 3 is 2.65 bits per heavy atom. The second-order valence-corrected chi connectivity index (χ2v) is 9.24. The molecule has 0 aliphatic carbocycles. The first-order valence-corrected chi connectivity index (χ1v) is 11.7. The molecule has 0 bridgehead atoms. The number of carbonyl (C=O) groups is 2. The Morgan fingerprint density at radius 2 is 1.95 bits per heavy atom. The van der Waals surface area contributed by atoms with Gasteiger partial charge in [-0.05, 0) is 31.4 Å². The van der Waals surface area contributed by atoms with Crippen LogP contribution in [-0.4, -0.2) is 64.8 Å². The highest BCUT2D eigenvalue weighted by molar-refractivity contribution is 6.31. The van der Waals surface area contributed by atoms with Gasteiger partial charge in [0, 0.05) is 36.4 Å². The lowest BCUT2D eigenvalue weighted by molar-refractivity contribution is -0.274. The van der Waals surface area contributed by atoms with Crippen LogP contribution in [0.2, 0.25) is 5.02 Å². The van der Waals surface area contributed by atoms with E-state index in [9.17, 15) is 27.2 Å². The zero-order valence-corrected chi connectivity index (χ0v) is 20.1. The predicted molar refractivity (Wildman–Crippen MR) is 126 cm³/mol.